The molecule has 2 aliphatic heterocycles. The molecule has 0 aliphatic carbocycles. The molecule has 0 radical (unpaired) electrons. The molecule has 1 amide bonds. The third-order valence-electron chi connectivity index (χ3n) is 4.12. The molecule has 2 atom stereocenters. The maximum Gasteiger partial charge on any atom is 0.246 e. The summed E-state index contributed by atoms with van der Waals surface area (Å²) in [5.74, 6) is 0.754. The second kappa shape index (κ2) is 4.45. The summed E-state index contributed by atoms with van der Waals surface area (Å²) >= 11 is 0. The molecule has 1 N–H and O–H groups in total. The summed E-state index contributed by atoms with van der Waals surface area (Å²) < 4.78 is 5.45. The van der Waals surface area contributed by atoms with Gasteiger partial charge in [-0.25, -0.2) is 4.98 Å². The Labute approximate surface area is 116 Å². The van der Waals surface area contributed by atoms with E-state index in [1.165, 1.54) is 0 Å². The standard InChI is InChI=1S/C15H15N3O2/c19-14-13(10-4-1-2-5-11(10)17-14)18-8-3-6-12(18)15-16-7-9-20-15/h1-2,4-5,7,9,12-13H,3,6,8H2,(H,17,19)/t12-,13?/m0/s1. The van der Waals surface area contributed by atoms with Gasteiger partial charge in [-0.15, -0.1) is 0 Å². The van der Waals surface area contributed by atoms with E-state index < -0.39 is 0 Å². The molecular formula is C15H15N3O2. The Morgan fingerprint density at radius 1 is 1.35 bits per heavy atom. The number of amides is 1. The zero-order valence-corrected chi connectivity index (χ0v) is 11.0. The predicted octanol–water partition coefficient (Wildman–Crippen LogP) is 2.50. The van der Waals surface area contributed by atoms with Crippen molar-refractivity contribution < 1.29 is 9.21 Å². The number of benzene rings is 1. The number of para-hydroxylation sites is 1. The second-order valence-corrected chi connectivity index (χ2v) is 5.25. The molecule has 2 aliphatic rings. The van der Waals surface area contributed by atoms with Crippen LogP contribution >= 0.6 is 0 Å². The summed E-state index contributed by atoms with van der Waals surface area (Å²) in [6, 6.07) is 7.74. The van der Waals surface area contributed by atoms with Crippen molar-refractivity contribution in [2.24, 2.45) is 0 Å². The zero-order chi connectivity index (χ0) is 13.5. The number of hydrogen-bond donors (Lipinski definition) is 1. The number of likely N-dealkylation sites (tertiary alicyclic amines) is 1. The van der Waals surface area contributed by atoms with Gasteiger partial charge < -0.3 is 9.73 Å². The minimum absolute atomic E-state index is 0.0460. The summed E-state index contributed by atoms with van der Waals surface area (Å²) in [5, 5.41) is 2.96. The van der Waals surface area contributed by atoms with Gasteiger partial charge in [0.2, 0.25) is 11.8 Å². The fraction of sp³-hybridized carbons (Fsp3) is 0.333. The summed E-state index contributed by atoms with van der Waals surface area (Å²) in [7, 11) is 0. The Morgan fingerprint density at radius 3 is 3.10 bits per heavy atom. The predicted molar refractivity (Wildman–Crippen MR) is 73.0 cm³/mol. The second-order valence-electron chi connectivity index (χ2n) is 5.25. The van der Waals surface area contributed by atoms with Crippen LogP contribution in [-0.4, -0.2) is 22.3 Å². The maximum absolute atomic E-state index is 12.3. The van der Waals surface area contributed by atoms with E-state index in [1.807, 2.05) is 24.3 Å². The van der Waals surface area contributed by atoms with E-state index >= 15 is 0 Å². The molecule has 3 heterocycles. The Balaban J connectivity index is 1.72. The fourth-order valence-corrected chi connectivity index (χ4v) is 3.28. The largest absolute Gasteiger partial charge is 0.447 e. The van der Waals surface area contributed by atoms with Crippen molar-refractivity contribution in [2.45, 2.75) is 24.9 Å². The molecule has 0 bridgehead atoms. The van der Waals surface area contributed by atoms with Gasteiger partial charge >= 0.3 is 0 Å². The molecule has 5 nitrogen and oxygen atoms in total. The monoisotopic (exact) mass is 269 g/mol. The number of carbonyl (C=O) groups is 1. The fourth-order valence-electron chi connectivity index (χ4n) is 3.28. The van der Waals surface area contributed by atoms with Crippen LogP contribution in [0.1, 0.15) is 36.4 Å². The van der Waals surface area contributed by atoms with Crippen molar-refractivity contribution >= 4 is 11.6 Å². The lowest BCUT2D eigenvalue weighted by molar-refractivity contribution is -0.121. The van der Waals surface area contributed by atoms with Crippen LogP contribution in [0.4, 0.5) is 5.69 Å². The Hall–Kier alpha value is -2.14. The molecule has 0 saturated carbocycles. The third-order valence-corrected chi connectivity index (χ3v) is 4.12. The van der Waals surface area contributed by atoms with Crippen LogP contribution in [0.25, 0.3) is 0 Å². The van der Waals surface area contributed by atoms with Gasteiger partial charge in [-0.1, -0.05) is 18.2 Å². The quantitative estimate of drug-likeness (QED) is 0.910. The third kappa shape index (κ3) is 1.67. The number of rotatable bonds is 2. The summed E-state index contributed by atoms with van der Waals surface area (Å²) in [5.41, 5.74) is 1.97. The van der Waals surface area contributed by atoms with Gasteiger partial charge in [-0.05, 0) is 18.9 Å². The minimum atomic E-state index is -0.231. The van der Waals surface area contributed by atoms with E-state index in [1.54, 1.807) is 12.5 Å². The van der Waals surface area contributed by atoms with Gasteiger partial charge in [0.15, 0.2) is 0 Å². The summed E-state index contributed by atoms with van der Waals surface area (Å²) in [4.78, 5) is 18.8. The topological polar surface area (TPSA) is 58.4 Å². The van der Waals surface area contributed by atoms with Crippen molar-refractivity contribution in [3.05, 3.63) is 48.2 Å². The smallest absolute Gasteiger partial charge is 0.246 e. The number of aromatic nitrogens is 1. The molecule has 1 fully saturated rings. The highest BCUT2D eigenvalue weighted by atomic mass is 16.3. The first kappa shape index (κ1) is 11.7. The van der Waals surface area contributed by atoms with E-state index in [0.717, 1.165) is 30.6 Å². The van der Waals surface area contributed by atoms with Gasteiger partial charge in [0.25, 0.3) is 0 Å². The number of carbonyl (C=O) groups excluding carboxylic acids is 1. The normalized spacial score (nSPS) is 25.7. The summed E-state index contributed by atoms with van der Waals surface area (Å²) in [6.45, 7) is 0.888. The first-order valence-corrected chi connectivity index (χ1v) is 6.89. The van der Waals surface area contributed by atoms with Crippen molar-refractivity contribution in [3.8, 4) is 0 Å². The number of anilines is 1. The first-order valence-electron chi connectivity index (χ1n) is 6.89. The van der Waals surface area contributed by atoms with E-state index in [0.29, 0.717) is 5.89 Å². The first-order chi connectivity index (χ1) is 9.84. The lowest BCUT2D eigenvalue weighted by Crippen LogP contribution is -2.33. The van der Waals surface area contributed by atoms with Crippen LogP contribution < -0.4 is 5.32 Å². The lowest BCUT2D eigenvalue weighted by atomic mass is 10.1. The highest BCUT2D eigenvalue weighted by Crippen LogP contribution is 2.43. The van der Waals surface area contributed by atoms with E-state index in [4.69, 9.17) is 4.42 Å². The molecule has 0 spiro atoms. The van der Waals surface area contributed by atoms with Crippen LogP contribution in [0.2, 0.25) is 0 Å². The SMILES string of the molecule is O=C1Nc2ccccc2C1N1CCC[C@H]1c1ncco1. The Morgan fingerprint density at radius 2 is 2.25 bits per heavy atom. The molecule has 1 saturated heterocycles. The van der Waals surface area contributed by atoms with Crippen molar-refractivity contribution in [3.63, 3.8) is 0 Å². The van der Waals surface area contributed by atoms with Gasteiger partial charge in [0.1, 0.15) is 12.3 Å². The van der Waals surface area contributed by atoms with E-state index in [-0.39, 0.29) is 18.0 Å². The number of oxazole rings is 1. The van der Waals surface area contributed by atoms with Gasteiger partial charge in [0, 0.05) is 17.8 Å². The highest BCUT2D eigenvalue weighted by molar-refractivity contribution is 6.02. The molecule has 1 unspecified atom stereocenters. The number of fused-ring (bicyclic) bond motifs is 1. The molecule has 1 aromatic heterocycles. The molecule has 2 aromatic rings. The number of nitrogens with zero attached hydrogens (tertiary/aromatic N) is 2. The average molecular weight is 269 g/mol. The lowest BCUT2D eigenvalue weighted by Gasteiger charge is -2.27. The van der Waals surface area contributed by atoms with Crippen LogP contribution in [0.15, 0.2) is 41.1 Å². The minimum Gasteiger partial charge on any atom is -0.447 e. The Kier molecular flexibility index (Phi) is 2.60. The number of nitrogens with one attached hydrogen (secondary N) is 1. The van der Waals surface area contributed by atoms with Crippen LogP contribution in [0.5, 0.6) is 0 Å². The molecule has 1 aromatic carbocycles. The van der Waals surface area contributed by atoms with Gasteiger partial charge in [-0.2, -0.15) is 0 Å². The zero-order valence-electron chi connectivity index (χ0n) is 11.0. The molecule has 5 heteroatoms. The highest BCUT2D eigenvalue weighted by Gasteiger charge is 2.42. The van der Waals surface area contributed by atoms with Crippen LogP contribution in [0, 0.1) is 0 Å². The molecule has 4 rings (SSSR count). The van der Waals surface area contributed by atoms with Gasteiger partial charge in [-0.3, -0.25) is 9.69 Å². The van der Waals surface area contributed by atoms with Crippen LogP contribution in [0.3, 0.4) is 0 Å². The van der Waals surface area contributed by atoms with E-state index in [9.17, 15) is 4.79 Å². The average Bonchev–Trinajstić information content (AvgIpc) is 3.16. The molecule has 102 valence electrons. The summed E-state index contributed by atoms with van der Waals surface area (Å²) in [6.07, 6.45) is 5.29. The molecular weight excluding hydrogens is 254 g/mol. The van der Waals surface area contributed by atoms with Crippen molar-refractivity contribution in [1.29, 1.82) is 0 Å². The van der Waals surface area contributed by atoms with Crippen molar-refractivity contribution in [1.82, 2.24) is 9.88 Å². The Bertz CT molecular complexity index is 638. The van der Waals surface area contributed by atoms with Gasteiger partial charge in [0.05, 0.1) is 12.2 Å². The van der Waals surface area contributed by atoms with E-state index in [2.05, 4.69) is 15.2 Å². The van der Waals surface area contributed by atoms with Crippen molar-refractivity contribution in [2.75, 3.05) is 11.9 Å². The number of hydrogen-bond acceptors (Lipinski definition) is 4. The van der Waals surface area contributed by atoms with Crippen LogP contribution in [-0.2, 0) is 4.79 Å². The maximum atomic E-state index is 12.3. The molecule has 20 heavy (non-hydrogen) atoms.